The lowest BCUT2D eigenvalue weighted by Gasteiger charge is -2.25. The molecule has 1 unspecified atom stereocenters. The van der Waals surface area contributed by atoms with Crippen molar-refractivity contribution < 1.29 is 17.5 Å². The Hall–Kier alpha value is -3.31. The maximum absolute atomic E-state index is 14.5. The van der Waals surface area contributed by atoms with E-state index in [4.69, 9.17) is 26.4 Å². The van der Waals surface area contributed by atoms with Crippen LogP contribution >= 0.6 is 22.9 Å². The standard InChI is InChI=1S/C30H28ClFN4O3S2/c1-39-29-14-9-22(17-25(29)32)26-18-28(21-5-10-23(31)11-6-21)36(34-26)30-33-27(19-40-30)20-7-12-24(13-8-20)41(37,38)35-15-3-2-4-16-35/h5-14,17,19,28H,2-4,15-16,18H2,1H3. The maximum Gasteiger partial charge on any atom is 0.243 e. The molecule has 0 spiro atoms. The number of sulfonamides is 1. The molecule has 1 fully saturated rings. The molecule has 0 radical (unpaired) electrons. The second-order valence-corrected chi connectivity index (χ2v) is 13.2. The Labute approximate surface area is 247 Å². The molecule has 0 N–H and O–H groups in total. The van der Waals surface area contributed by atoms with E-state index in [2.05, 4.69) is 0 Å². The zero-order valence-corrected chi connectivity index (χ0v) is 24.7. The van der Waals surface area contributed by atoms with Crippen LogP contribution in [0.2, 0.25) is 5.02 Å². The smallest absolute Gasteiger partial charge is 0.243 e. The summed E-state index contributed by atoms with van der Waals surface area (Å²) in [5.41, 5.74) is 3.95. The summed E-state index contributed by atoms with van der Waals surface area (Å²) in [6, 6.07) is 19.2. The van der Waals surface area contributed by atoms with Crippen molar-refractivity contribution in [1.82, 2.24) is 9.29 Å². The number of hydrogen-bond acceptors (Lipinski definition) is 7. The molecule has 1 aromatic heterocycles. The maximum atomic E-state index is 14.5. The second-order valence-electron chi connectivity index (χ2n) is 10.0. The highest BCUT2D eigenvalue weighted by molar-refractivity contribution is 7.89. The summed E-state index contributed by atoms with van der Waals surface area (Å²) < 4.78 is 47.3. The van der Waals surface area contributed by atoms with Gasteiger partial charge in [0.15, 0.2) is 11.6 Å². The van der Waals surface area contributed by atoms with Gasteiger partial charge in [0.2, 0.25) is 15.2 Å². The van der Waals surface area contributed by atoms with Crippen LogP contribution < -0.4 is 9.75 Å². The van der Waals surface area contributed by atoms with Crippen LogP contribution in [0.5, 0.6) is 5.75 Å². The van der Waals surface area contributed by atoms with Crippen LogP contribution in [0.25, 0.3) is 11.3 Å². The Morgan fingerprint density at radius 2 is 1.68 bits per heavy atom. The average molecular weight is 611 g/mol. The van der Waals surface area contributed by atoms with Gasteiger partial charge in [-0.05, 0) is 60.9 Å². The van der Waals surface area contributed by atoms with Crippen molar-refractivity contribution in [3.63, 3.8) is 0 Å². The van der Waals surface area contributed by atoms with Crippen LogP contribution in [0.4, 0.5) is 9.52 Å². The van der Waals surface area contributed by atoms with E-state index in [0.717, 1.165) is 41.8 Å². The third-order valence-electron chi connectivity index (χ3n) is 7.44. The van der Waals surface area contributed by atoms with Gasteiger partial charge >= 0.3 is 0 Å². The summed E-state index contributed by atoms with van der Waals surface area (Å²) in [6.07, 6.45) is 3.40. The van der Waals surface area contributed by atoms with Gasteiger partial charge in [-0.15, -0.1) is 11.3 Å². The molecule has 11 heteroatoms. The van der Waals surface area contributed by atoms with Gasteiger partial charge in [0.05, 0.1) is 29.5 Å². The number of ether oxygens (including phenoxy) is 1. The number of aromatic nitrogens is 1. The second kappa shape index (κ2) is 11.5. The van der Waals surface area contributed by atoms with Gasteiger partial charge in [-0.25, -0.2) is 22.8 Å². The predicted octanol–water partition coefficient (Wildman–Crippen LogP) is 7.14. The zero-order chi connectivity index (χ0) is 28.6. The van der Waals surface area contributed by atoms with Gasteiger partial charge in [-0.1, -0.05) is 42.3 Å². The number of piperidine rings is 1. The highest BCUT2D eigenvalue weighted by Gasteiger charge is 2.32. The molecule has 212 valence electrons. The molecule has 3 heterocycles. The Bertz CT molecular complexity index is 1690. The molecule has 1 atom stereocenters. The van der Waals surface area contributed by atoms with Gasteiger partial charge in [-0.2, -0.15) is 9.41 Å². The summed E-state index contributed by atoms with van der Waals surface area (Å²) in [7, 11) is -2.07. The van der Waals surface area contributed by atoms with E-state index < -0.39 is 15.8 Å². The molecule has 41 heavy (non-hydrogen) atoms. The molecule has 2 aliphatic heterocycles. The number of nitrogens with zero attached hydrogens (tertiary/aromatic N) is 4. The SMILES string of the molecule is COc1ccc(C2=NN(c3nc(-c4ccc(S(=O)(=O)N5CCCCC5)cc4)cs3)C(c3ccc(Cl)cc3)C2)cc1F. The Kier molecular flexibility index (Phi) is 7.82. The van der Waals surface area contributed by atoms with Crippen LogP contribution in [0.15, 0.2) is 82.1 Å². The number of anilines is 1. The first-order chi connectivity index (χ1) is 19.8. The Balaban J connectivity index is 1.30. The van der Waals surface area contributed by atoms with Crippen molar-refractivity contribution in [3.05, 3.63) is 94.1 Å². The normalized spacial score (nSPS) is 18.0. The number of halogens is 2. The molecule has 4 aromatic rings. The summed E-state index contributed by atoms with van der Waals surface area (Å²) >= 11 is 7.59. The minimum Gasteiger partial charge on any atom is -0.494 e. The number of rotatable bonds is 7. The molecular weight excluding hydrogens is 583 g/mol. The molecule has 0 saturated carbocycles. The minimum absolute atomic E-state index is 0.163. The number of thiazole rings is 1. The van der Waals surface area contributed by atoms with Crippen LogP contribution in [0.1, 0.15) is 42.9 Å². The fourth-order valence-electron chi connectivity index (χ4n) is 5.21. The van der Waals surface area contributed by atoms with E-state index in [-0.39, 0.29) is 11.8 Å². The topological polar surface area (TPSA) is 75.1 Å². The number of benzene rings is 3. The van der Waals surface area contributed by atoms with Crippen LogP contribution in [0.3, 0.4) is 0 Å². The Morgan fingerprint density at radius 1 is 0.976 bits per heavy atom. The van der Waals surface area contributed by atoms with Crippen molar-refractivity contribution in [2.45, 2.75) is 36.6 Å². The van der Waals surface area contributed by atoms with E-state index in [9.17, 15) is 12.8 Å². The summed E-state index contributed by atoms with van der Waals surface area (Å²) in [5, 5.41) is 9.99. The fraction of sp³-hybridized carbons (Fsp3) is 0.267. The van der Waals surface area contributed by atoms with Gasteiger partial charge in [0.1, 0.15) is 0 Å². The quantitative estimate of drug-likeness (QED) is 0.222. The molecule has 0 aliphatic carbocycles. The van der Waals surface area contributed by atoms with Crippen molar-refractivity contribution in [3.8, 4) is 17.0 Å². The first kappa shape index (κ1) is 27.8. The Morgan fingerprint density at radius 3 is 2.37 bits per heavy atom. The van der Waals surface area contributed by atoms with E-state index in [0.29, 0.717) is 40.1 Å². The lowest BCUT2D eigenvalue weighted by Crippen LogP contribution is -2.35. The number of methoxy groups -OCH3 is 1. The summed E-state index contributed by atoms with van der Waals surface area (Å²) in [4.78, 5) is 5.16. The molecule has 0 amide bonds. The third-order valence-corrected chi connectivity index (χ3v) is 10.4. The third kappa shape index (κ3) is 5.61. The molecule has 0 bridgehead atoms. The average Bonchev–Trinajstić information content (AvgIpc) is 3.66. The van der Waals surface area contributed by atoms with Gasteiger partial charge in [-0.3, -0.25) is 0 Å². The lowest BCUT2D eigenvalue weighted by atomic mass is 9.98. The minimum atomic E-state index is -3.50. The molecule has 3 aromatic carbocycles. The van der Waals surface area contributed by atoms with Crippen LogP contribution in [-0.2, 0) is 10.0 Å². The van der Waals surface area contributed by atoms with Crippen molar-refractivity contribution in [1.29, 1.82) is 0 Å². The highest BCUT2D eigenvalue weighted by Crippen LogP contribution is 2.40. The molecule has 6 rings (SSSR count). The van der Waals surface area contributed by atoms with E-state index in [1.54, 1.807) is 40.7 Å². The fourth-order valence-corrected chi connectivity index (χ4v) is 7.68. The summed E-state index contributed by atoms with van der Waals surface area (Å²) in [6.45, 7) is 1.13. The molecule has 1 saturated heterocycles. The van der Waals surface area contributed by atoms with Gasteiger partial charge < -0.3 is 4.74 Å². The first-order valence-electron chi connectivity index (χ1n) is 13.4. The number of hydrogen-bond donors (Lipinski definition) is 0. The molecular formula is C30H28ClFN4O3S2. The van der Waals surface area contributed by atoms with Gasteiger partial charge in [0.25, 0.3) is 0 Å². The largest absolute Gasteiger partial charge is 0.494 e. The first-order valence-corrected chi connectivity index (χ1v) is 16.1. The highest BCUT2D eigenvalue weighted by atomic mass is 35.5. The predicted molar refractivity (Wildman–Crippen MR) is 161 cm³/mol. The van der Waals surface area contributed by atoms with Crippen molar-refractivity contribution >= 4 is 43.8 Å². The van der Waals surface area contributed by atoms with Crippen molar-refractivity contribution in [2.24, 2.45) is 5.10 Å². The van der Waals surface area contributed by atoms with Crippen molar-refractivity contribution in [2.75, 3.05) is 25.2 Å². The zero-order valence-electron chi connectivity index (χ0n) is 22.3. The van der Waals surface area contributed by atoms with Crippen LogP contribution in [0, 0.1) is 5.82 Å². The molecule has 2 aliphatic rings. The van der Waals surface area contributed by atoms with Gasteiger partial charge in [0, 0.05) is 41.0 Å². The number of hydrazone groups is 1. The van der Waals surface area contributed by atoms with Crippen LogP contribution in [-0.4, -0.2) is 43.6 Å². The lowest BCUT2D eigenvalue weighted by molar-refractivity contribution is 0.346. The molecule has 7 nitrogen and oxygen atoms in total. The van der Waals surface area contributed by atoms with E-state index in [1.165, 1.54) is 24.5 Å². The van der Waals surface area contributed by atoms with E-state index in [1.807, 2.05) is 34.7 Å². The monoisotopic (exact) mass is 610 g/mol. The van der Waals surface area contributed by atoms with E-state index >= 15 is 0 Å². The summed E-state index contributed by atoms with van der Waals surface area (Å²) in [5.74, 6) is -0.269.